The van der Waals surface area contributed by atoms with Gasteiger partial charge in [0.2, 0.25) is 5.28 Å². The van der Waals surface area contributed by atoms with Crippen LogP contribution in [0.25, 0.3) is 5.69 Å². The zero-order valence-electron chi connectivity index (χ0n) is 8.74. The van der Waals surface area contributed by atoms with Crippen molar-refractivity contribution in [2.75, 3.05) is 0 Å². The molecule has 2 aromatic rings. The number of aromatic nitrogens is 3. The van der Waals surface area contributed by atoms with Crippen LogP contribution in [0.15, 0.2) is 27.5 Å². The van der Waals surface area contributed by atoms with Gasteiger partial charge in [0.1, 0.15) is 0 Å². The Morgan fingerprint density at radius 3 is 2.69 bits per heavy atom. The van der Waals surface area contributed by atoms with Gasteiger partial charge < -0.3 is 0 Å². The SMILES string of the molecule is Cc1ccc(Br)cc1-n1c(Cl)nn(C)c1=O. The Morgan fingerprint density at radius 2 is 2.12 bits per heavy atom. The maximum absolute atomic E-state index is 11.8. The summed E-state index contributed by atoms with van der Waals surface area (Å²) in [5.74, 6) is 0. The van der Waals surface area contributed by atoms with Crippen molar-refractivity contribution in [1.82, 2.24) is 14.3 Å². The van der Waals surface area contributed by atoms with E-state index in [0.717, 1.165) is 15.7 Å². The predicted molar refractivity (Wildman–Crippen MR) is 66.3 cm³/mol. The van der Waals surface area contributed by atoms with Crippen LogP contribution in [-0.2, 0) is 7.05 Å². The highest BCUT2D eigenvalue weighted by Gasteiger charge is 2.12. The van der Waals surface area contributed by atoms with Crippen LogP contribution < -0.4 is 5.69 Å². The number of aryl methyl sites for hydroxylation is 2. The molecule has 0 radical (unpaired) electrons. The molecule has 1 aromatic carbocycles. The summed E-state index contributed by atoms with van der Waals surface area (Å²) in [5.41, 5.74) is 1.43. The monoisotopic (exact) mass is 301 g/mol. The molecule has 0 spiro atoms. The molecule has 0 atom stereocenters. The van der Waals surface area contributed by atoms with Crippen LogP contribution in [0.4, 0.5) is 0 Å². The first-order valence-electron chi connectivity index (χ1n) is 4.59. The third-order valence-electron chi connectivity index (χ3n) is 2.30. The van der Waals surface area contributed by atoms with Gasteiger partial charge in [-0.25, -0.2) is 14.0 Å². The molecule has 1 heterocycles. The molecule has 6 heteroatoms. The maximum Gasteiger partial charge on any atom is 0.351 e. The minimum atomic E-state index is -0.258. The minimum Gasteiger partial charge on any atom is -0.246 e. The van der Waals surface area contributed by atoms with E-state index in [9.17, 15) is 4.79 Å². The molecule has 0 bridgehead atoms. The van der Waals surface area contributed by atoms with E-state index in [1.165, 1.54) is 9.25 Å². The third-order valence-corrected chi connectivity index (χ3v) is 3.04. The first-order valence-corrected chi connectivity index (χ1v) is 5.76. The number of benzene rings is 1. The Hall–Kier alpha value is -1.07. The van der Waals surface area contributed by atoms with Crippen molar-refractivity contribution in [3.8, 4) is 5.69 Å². The van der Waals surface area contributed by atoms with Crippen molar-refractivity contribution in [3.05, 3.63) is 44.0 Å². The van der Waals surface area contributed by atoms with Gasteiger partial charge in [-0.15, -0.1) is 5.10 Å². The van der Waals surface area contributed by atoms with E-state index in [2.05, 4.69) is 21.0 Å². The van der Waals surface area contributed by atoms with Crippen molar-refractivity contribution in [1.29, 1.82) is 0 Å². The first-order chi connectivity index (χ1) is 7.50. The molecule has 0 saturated heterocycles. The van der Waals surface area contributed by atoms with Crippen LogP contribution >= 0.6 is 27.5 Å². The molecular weight excluding hydrogens is 293 g/mol. The normalized spacial score (nSPS) is 10.8. The zero-order chi connectivity index (χ0) is 11.9. The molecule has 1 aromatic heterocycles. The number of hydrogen-bond acceptors (Lipinski definition) is 2. The van der Waals surface area contributed by atoms with Crippen molar-refractivity contribution in [2.24, 2.45) is 7.05 Å². The molecule has 0 aliphatic carbocycles. The topological polar surface area (TPSA) is 39.8 Å². The van der Waals surface area contributed by atoms with E-state index in [-0.39, 0.29) is 11.0 Å². The van der Waals surface area contributed by atoms with Gasteiger partial charge in [-0.05, 0) is 36.2 Å². The molecule has 0 aliphatic rings. The van der Waals surface area contributed by atoms with E-state index < -0.39 is 0 Å². The molecule has 16 heavy (non-hydrogen) atoms. The number of hydrogen-bond donors (Lipinski definition) is 0. The lowest BCUT2D eigenvalue weighted by atomic mass is 10.2. The van der Waals surface area contributed by atoms with Crippen molar-refractivity contribution >= 4 is 27.5 Å². The van der Waals surface area contributed by atoms with Crippen molar-refractivity contribution < 1.29 is 0 Å². The van der Waals surface area contributed by atoms with E-state index >= 15 is 0 Å². The molecule has 0 amide bonds. The molecule has 2 rings (SSSR count). The van der Waals surface area contributed by atoms with Gasteiger partial charge in [0, 0.05) is 11.5 Å². The van der Waals surface area contributed by atoms with Gasteiger partial charge in [-0.1, -0.05) is 22.0 Å². The Labute approximate surface area is 106 Å². The highest BCUT2D eigenvalue weighted by atomic mass is 79.9. The minimum absolute atomic E-state index is 0.161. The Bertz CT molecular complexity index is 603. The third kappa shape index (κ3) is 1.81. The van der Waals surface area contributed by atoms with Crippen molar-refractivity contribution in [3.63, 3.8) is 0 Å². The standard InChI is InChI=1S/C10H9BrClN3O/c1-6-3-4-7(11)5-8(6)15-9(12)13-14(2)10(15)16/h3-5H,1-2H3. The summed E-state index contributed by atoms with van der Waals surface area (Å²) in [6, 6.07) is 5.66. The summed E-state index contributed by atoms with van der Waals surface area (Å²) in [4.78, 5) is 11.8. The predicted octanol–water partition coefficient (Wildman–Crippen LogP) is 2.30. The highest BCUT2D eigenvalue weighted by Crippen LogP contribution is 2.20. The summed E-state index contributed by atoms with van der Waals surface area (Å²) >= 11 is 9.29. The maximum atomic E-state index is 11.8. The van der Waals surface area contributed by atoms with Crippen LogP contribution in [0.5, 0.6) is 0 Å². The van der Waals surface area contributed by atoms with E-state index in [1.54, 1.807) is 7.05 Å². The van der Waals surface area contributed by atoms with Gasteiger partial charge >= 0.3 is 5.69 Å². The number of nitrogens with zero attached hydrogens (tertiary/aromatic N) is 3. The lowest BCUT2D eigenvalue weighted by Gasteiger charge is -2.06. The fraction of sp³-hybridized carbons (Fsp3) is 0.200. The van der Waals surface area contributed by atoms with Crippen LogP contribution in [0.1, 0.15) is 5.56 Å². The van der Waals surface area contributed by atoms with Gasteiger partial charge in [-0.2, -0.15) is 0 Å². The molecule has 0 N–H and O–H groups in total. The summed E-state index contributed by atoms with van der Waals surface area (Å²) in [6.45, 7) is 1.91. The average molecular weight is 303 g/mol. The van der Waals surface area contributed by atoms with Gasteiger partial charge in [0.05, 0.1) is 5.69 Å². The average Bonchev–Trinajstić information content (AvgIpc) is 2.46. The largest absolute Gasteiger partial charge is 0.351 e. The van der Waals surface area contributed by atoms with E-state index in [4.69, 9.17) is 11.6 Å². The fourth-order valence-electron chi connectivity index (χ4n) is 1.46. The van der Waals surface area contributed by atoms with Crippen LogP contribution in [0, 0.1) is 6.92 Å². The van der Waals surface area contributed by atoms with Crippen LogP contribution in [-0.4, -0.2) is 14.3 Å². The summed E-state index contributed by atoms with van der Waals surface area (Å²) in [6.07, 6.45) is 0. The van der Waals surface area contributed by atoms with E-state index in [0.29, 0.717) is 0 Å². The Kier molecular flexibility index (Phi) is 2.90. The smallest absolute Gasteiger partial charge is 0.246 e. The summed E-state index contributed by atoms with van der Waals surface area (Å²) in [5, 5.41) is 4.04. The molecule has 84 valence electrons. The second-order valence-electron chi connectivity index (χ2n) is 3.44. The molecule has 0 unspecified atom stereocenters. The highest BCUT2D eigenvalue weighted by molar-refractivity contribution is 9.10. The second kappa shape index (κ2) is 4.07. The van der Waals surface area contributed by atoms with E-state index in [1.807, 2.05) is 25.1 Å². The van der Waals surface area contributed by atoms with Gasteiger partial charge in [0.15, 0.2) is 0 Å². The molecule has 0 aliphatic heterocycles. The Morgan fingerprint density at radius 1 is 1.44 bits per heavy atom. The number of halogens is 2. The second-order valence-corrected chi connectivity index (χ2v) is 4.70. The lowest BCUT2D eigenvalue weighted by molar-refractivity contribution is 0.726. The fourth-order valence-corrected chi connectivity index (χ4v) is 2.09. The number of rotatable bonds is 1. The quantitative estimate of drug-likeness (QED) is 0.811. The summed E-state index contributed by atoms with van der Waals surface area (Å²) in [7, 11) is 1.57. The Balaban J connectivity index is 2.77. The molecular formula is C10H9BrClN3O. The molecule has 0 saturated carbocycles. The van der Waals surface area contributed by atoms with Crippen molar-refractivity contribution in [2.45, 2.75) is 6.92 Å². The molecule has 4 nitrogen and oxygen atoms in total. The zero-order valence-corrected chi connectivity index (χ0v) is 11.1. The molecule has 0 fully saturated rings. The lowest BCUT2D eigenvalue weighted by Crippen LogP contribution is -2.22. The van der Waals surface area contributed by atoms with Gasteiger partial charge in [-0.3, -0.25) is 0 Å². The van der Waals surface area contributed by atoms with Crippen LogP contribution in [0.2, 0.25) is 5.28 Å². The first kappa shape index (κ1) is 11.4. The van der Waals surface area contributed by atoms with Gasteiger partial charge in [0.25, 0.3) is 0 Å². The summed E-state index contributed by atoms with van der Waals surface area (Å²) < 4.78 is 3.48. The van der Waals surface area contributed by atoms with Crippen LogP contribution in [0.3, 0.4) is 0 Å².